The highest BCUT2D eigenvalue weighted by atomic mass is 16.5. The first-order valence-electron chi connectivity index (χ1n) is 10.7. The van der Waals surface area contributed by atoms with Gasteiger partial charge in [-0.1, -0.05) is 35.5 Å². The third-order valence-corrected chi connectivity index (χ3v) is 6.05. The number of nitrogens with zero attached hydrogens (tertiary/aromatic N) is 2. The Kier molecular flexibility index (Phi) is 6.31. The molecule has 2 atom stereocenters. The average Bonchev–Trinajstić information content (AvgIpc) is 3.41. The molecule has 0 bridgehead atoms. The summed E-state index contributed by atoms with van der Waals surface area (Å²) < 4.78 is 16.7. The molecule has 2 aromatic rings. The maximum Gasteiger partial charge on any atom is 0.313 e. The van der Waals surface area contributed by atoms with Crippen LogP contribution >= 0.6 is 0 Å². The molecule has 29 heavy (non-hydrogen) atoms. The van der Waals surface area contributed by atoms with Crippen molar-refractivity contribution in [1.29, 1.82) is 0 Å². The summed E-state index contributed by atoms with van der Waals surface area (Å²) >= 11 is 0. The number of hydrogen-bond acceptors (Lipinski definition) is 6. The molecular formula is C23H30N2O4. The average molecular weight is 399 g/mol. The van der Waals surface area contributed by atoms with Crippen LogP contribution in [0.1, 0.15) is 31.9 Å². The van der Waals surface area contributed by atoms with Crippen LogP contribution in [0, 0.1) is 11.3 Å². The van der Waals surface area contributed by atoms with Gasteiger partial charge in [-0.05, 0) is 38.6 Å². The van der Waals surface area contributed by atoms with Crippen LogP contribution in [-0.4, -0.2) is 55.5 Å². The third kappa shape index (κ3) is 4.70. The fourth-order valence-electron chi connectivity index (χ4n) is 4.62. The Labute approximate surface area is 172 Å². The largest absolute Gasteiger partial charge is 0.466 e. The zero-order chi connectivity index (χ0) is 20.1. The molecule has 0 aliphatic carbocycles. The van der Waals surface area contributed by atoms with E-state index in [4.69, 9.17) is 14.0 Å². The number of carbonyl (C=O) groups is 1. The van der Waals surface area contributed by atoms with Crippen molar-refractivity contribution >= 4 is 5.97 Å². The summed E-state index contributed by atoms with van der Waals surface area (Å²) in [5.41, 5.74) is 1.23. The summed E-state index contributed by atoms with van der Waals surface area (Å²) in [7, 11) is 0. The zero-order valence-corrected chi connectivity index (χ0v) is 17.1. The summed E-state index contributed by atoms with van der Waals surface area (Å²) in [5, 5.41) is 4.23. The molecule has 2 saturated heterocycles. The second-order valence-electron chi connectivity index (χ2n) is 8.29. The molecule has 2 fully saturated rings. The summed E-state index contributed by atoms with van der Waals surface area (Å²) in [5.74, 6) is 1.18. The first-order valence-corrected chi connectivity index (χ1v) is 10.7. The number of hydrogen-bond donors (Lipinski definition) is 0. The van der Waals surface area contributed by atoms with Crippen LogP contribution < -0.4 is 0 Å². The van der Waals surface area contributed by atoms with E-state index < -0.39 is 5.41 Å². The highest BCUT2D eigenvalue weighted by Crippen LogP contribution is 2.36. The van der Waals surface area contributed by atoms with Crippen molar-refractivity contribution in [3.8, 4) is 11.3 Å². The van der Waals surface area contributed by atoms with Gasteiger partial charge in [0.1, 0.15) is 11.5 Å². The SMILES string of the molecule is CCOC(=O)[C@]1(Cc2cc(-c3ccccc3)no2)CCCN(C[C@H]2CCOC2)C1. The van der Waals surface area contributed by atoms with E-state index in [2.05, 4.69) is 10.1 Å². The molecule has 156 valence electrons. The van der Waals surface area contributed by atoms with Gasteiger partial charge in [0.2, 0.25) is 0 Å². The maximum absolute atomic E-state index is 13.0. The van der Waals surface area contributed by atoms with Gasteiger partial charge in [0, 0.05) is 37.7 Å². The Morgan fingerprint density at radius 2 is 2.21 bits per heavy atom. The van der Waals surface area contributed by atoms with Crippen LogP contribution in [0.3, 0.4) is 0 Å². The lowest BCUT2D eigenvalue weighted by molar-refractivity contribution is -0.159. The molecule has 2 aliphatic rings. The number of piperidine rings is 1. The summed E-state index contributed by atoms with van der Waals surface area (Å²) in [6, 6.07) is 11.9. The van der Waals surface area contributed by atoms with Crippen molar-refractivity contribution in [2.45, 2.75) is 32.6 Å². The van der Waals surface area contributed by atoms with E-state index in [9.17, 15) is 4.79 Å². The predicted octanol–water partition coefficient (Wildman–Crippen LogP) is 3.57. The summed E-state index contributed by atoms with van der Waals surface area (Å²) in [6.07, 6.45) is 3.41. The van der Waals surface area contributed by atoms with E-state index in [-0.39, 0.29) is 5.97 Å². The molecule has 0 spiro atoms. The number of ether oxygens (including phenoxy) is 2. The van der Waals surface area contributed by atoms with Crippen molar-refractivity contribution in [3.05, 3.63) is 42.2 Å². The second-order valence-corrected chi connectivity index (χ2v) is 8.29. The van der Waals surface area contributed by atoms with Crippen LogP contribution in [0.2, 0.25) is 0 Å². The molecule has 6 nitrogen and oxygen atoms in total. The van der Waals surface area contributed by atoms with Gasteiger partial charge in [-0.2, -0.15) is 0 Å². The second kappa shape index (κ2) is 9.09. The number of likely N-dealkylation sites (tertiary alicyclic amines) is 1. The van der Waals surface area contributed by atoms with Gasteiger partial charge >= 0.3 is 5.97 Å². The van der Waals surface area contributed by atoms with Crippen LogP contribution in [-0.2, 0) is 20.7 Å². The van der Waals surface area contributed by atoms with Crippen molar-refractivity contribution in [2.24, 2.45) is 11.3 Å². The molecule has 2 aliphatic heterocycles. The first kappa shape index (κ1) is 20.1. The van der Waals surface area contributed by atoms with Gasteiger partial charge in [0.15, 0.2) is 0 Å². The molecule has 4 rings (SSSR count). The van der Waals surface area contributed by atoms with Crippen LogP contribution in [0.25, 0.3) is 11.3 Å². The van der Waals surface area contributed by atoms with Gasteiger partial charge in [-0.25, -0.2) is 0 Å². The Morgan fingerprint density at radius 3 is 2.97 bits per heavy atom. The number of aromatic nitrogens is 1. The van der Waals surface area contributed by atoms with Crippen LogP contribution in [0.5, 0.6) is 0 Å². The normalized spacial score (nSPS) is 25.2. The van der Waals surface area contributed by atoms with E-state index in [1.54, 1.807) is 0 Å². The van der Waals surface area contributed by atoms with E-state index in [1.165, 1.54) is 0 Å². The molecule has 6 heteroatoms. The number of esters is 1. The molecule has 0 radical (unpaired) electrons. The zero-order valence-electron chi connectivity index (χ0n) is 17.1. The monoisotopic (exact) mass is 398 g/mol. The summed E-state index contributed by atoms with van der Waals surface area (Å²) in [4.78, 5) is 15.5. The predicted molar refractivity (Wildman–Crippen MR) is 109 cm³/mol. The van der Waals surface area contributed by atoms with Crippen molar-refractivity contribution < 1.29 is 18.8 Å². The van der Waals surface area contributed by atoms with Gasteiger partial charge in [-0.15, -0.1) is 0 Å². The fraction of sp³-hybridized carbons (Fsp3) is 0.565. The lowest BCUT2D eigenvalue weighted by Crippen LogP contribution is -2.50. The Hall–Kier alpha value is -2.18. The highest BCUT2D eigenvalue weighted by Gasteiger charge is 2.45. The standard InChI is InChI=1S/C23H30N2O4/c1-2-28-22(26)23(10-6-11-25(17-23)15-18-9-12-27-16-18)14-20-13-21(24-29-20)19-7-4-3-5-8-19/h3-5,7-8,13,18H,2,6,9-12,14-17H2,1H3/t18-,23+/m1/s1. The minimum atomic E-state index is -0.582. The van der Waals surface area contributed by atoms with E-state index in [0.29, 0.717) is 25.5 Å². The number of carbonyl (C=O) groups excluding carboxylic acids is 1. The number of benzene rings is 1. The lowest BCUT2D eigenvalue weighted by atomic mass is 9.76. The van der Waals surface area contributed by atoms with Crippen molar-refractivity contribution in [3.63, 3.8) is 0 Å². The first-order chi connectivity index (χ1) is 14.2. The van der Waals surface area contributed by atoms with E-state index >= 15 is 0 Å². The molecule has 0 N–H and O–H groups in total. The molecule has 0 unspecified atom stereocenters. The van der Waals surface area contributed by atoms with Crippen LogP contribution in [0.15, 0.2) is 40.9 Å². The van der Waals surface area contributed by atoms with Gasteiger partial charge in [-0.3, -0.25) is 4.79 Å². The topological polar surface area (TPSA) is 64.8 Å². The molecule has 0 amide bonds. The van der Waals surface area contributed by atoms with E-state index in [0.717, 1.165) is 62.6 Å². The van der Waals surface area contributed by atoms with Crippen molar-refractivity contribution in [1.82, 2.24) is 10.1 Å². The van der Waals surface area contributed by atoms with Crippen molar-refractivity contribution in [2.75, 3.05) is 39.5 Å². The highest BCUT2D eigenvalue weighted by molar-refractivity contribution is 5.77. The molecule has 3 heterocycles. The van der Waals surface area contributed by atoms with E-state index in [1.807, 2.05) is 43.3 Å². The van der Waals surface area contributed by atoms with Gasteiger partial charge < -0.3 is 18.9 Å². The molecule has 1 aromatic heterocycles. The Morgan fingerprint density at radius 1 is 1.34 bits per heavy atom. The quantitative estimate of drug-likeness (QED) is 0.665. The molecule has 0 saturated carbocycles. The smallest absolute Gasteiger partial charge is 0.313 e. The maximum atomic E-state index is 13.0. The Bertz CT molecular complexity index is 800. The minimum absolute atomic E-state index is 0.120. The number of rotatable bonds is 7. The minimum Gasteiger partial charge on any atom is -0.466 e. The summed E-state index contributed by atoms with van der Waals surface area (Å²) in [6.45, 7) is 6.62. The Balaban J connectivity index is 1.52. The molecular weight excluding hydrogens is 368 g/mol. The van der Waals surface area contributed by atoms with Gasteiger partial charge in [0.25, 0.3) is 0 Å². The lowest BCUT2D eigenvalue weighted by Gasteiger charge is -2.41. The molecule has 1 aromatic carbocycles. The van der Waals surface area contributed by atoms with Gasteiger partial charge in [0.05, 0.1) is 18.6 Å². The third-order valence-electron chi connectivity index (χ3n) is 6.05. The van der Waals surface area contributed by atoms with Crippen LogP contribution in [0.4, 0.5) is 0 Å². The fourth-order valence-corrected chi connectivity index (χ4v) is 4.62.